The van der Waals surface area contributed by atoms with Crippen molar-refractivity contribution < 1.29 is 14.7 Å². The van der Waals surface area contributed by atoms with Crippen molar-refractivity contribution >= 4 is 28.3 Å². The van der Waals surface area contributed by atoms with Gasteiger partial charge in [-0.15, -0.1) is 0 Å². The van der Waals surface area contributed by atoms with E-state index in [1.165, 1.54) is 0 Å². The average molecular weight is 326 g/mol. The van der Waals surface area contributed by atoms with Crippen LogP contribution in [0.4, 0.5) is 0 Å². The van der Waals surface area contributed by atoms with Crippen molar-refractivity contribution in [3.63, 3.8) is 0 Å². The van der Waals surface area contributed by atoms with Gasteiger partial charge < -0.3 is 10.4 Å². The second kappa shape index (κ2) is 6.19. The van der Waals surface area contributed by atoms with Gasteiger partial charge in [0.25, 0.3) is 0 Å². The molecule has 1 fully saturated rings. The van der Waals surface area contributed by atoms with Gasteiger partial charge in [0.05, 0.1) is 5.56 Å². The number of alkyl halides is 1. The summed E-state index contributed by atoms with van der Waals surface area (Å²) in [7, 11) is 0. The molecule has 0 aromatic heterocycles. The minimum Gasteiger partial charge on any atom is -0.478 e. The van der Waals surface area contributed by atoms with Gasteiger partial charge in [-0.05, 0) is 30.9 Å². The number of hydrogen-bond acceptors (Lipinski definition) is 2. The minimum absolute atomic E-state index is 0.0175. The molecule has 0 saturated heterocycles. The van der Waals surface area contributed by atoms with Crippen molar-refractivity contribution in [2.24, 2.45) is 0 Å². The molecule has 1 aromatic rings. The van der Waals surface area contributed by atoms with Gasteiger partial charge >= 0.3 is 5.97 Å². The molecule has 0 heterocycles. The maximum Gasteiger partial charge on any atom is 0.335 e. The number of carboxylic acids is 1. The van der Waals surface area contributed by atoms with Crippen LogP contribution in [0.2, 0.25) is 0 Å². The van der Waals surface area contributed by atoms with Crippen molar-refractivity contribution in [2.75, 3.05) is 0 Å². The highest BCUT2D eigenvalue weighted by molar-refractivity contribution is 9.09. The third kappa shape index (κ3) is 3.15. The lowest BCUT2D eigenvalue weighted by atomic mass is 9.78. The molecule has 0 radical (unpaired) electrons. The predicted octanol–water partition coefficient (Wildman–Crippen LogP) is 2.53. The third-order valence-corrected chi connectivity index (χ3v) is 4.49. The molecular weight excluding hydrogens is 310 g/mol. The molecule has 3 unspecified atom stereocenters. The fraction of sp³-hybridized carbons (Fsp3) is 0.429. The third-order valence-electron chi connectivity index (χ3n) is 3.66. The lowest BCUT2D eigenvalue weighted by molar-refractivity contribution is -0.110. The molecule has 5 heteroatoms. The number of carbonyl (C=O) groups excluding carboxylic acids is 1. The summed E-state index contributed by atoms with van der Waals surface area (Å²) in [5.41, 5.74) is 1.15. The predicted molar refractivity (Wildman–Crippen MR) is 75.7 cm³/mol. The van der Waals surface area contributed by atoms with Gasteiger partial charge in [0, 0.05) is 16.8 Å². The van der Waals surface area contributed by atoms with Crippen LogP contribution in [0.1, 0.15) is 41.1 Å². The van der Waals surface area contributed by atoms with Crippen LogP contribution in [-0.4, -0.2) is 28.4 Å². The highest BCUT2D eigenvalue weighted by atomic mass is 79.9. The summed E-state index contributed by atoms with van der Waals surface area (Å²) in [4.78, 5) is 22.4. The monoisotopic (exact) mass is 325 g/mol. The van der Waals surface area contributed by atoms with Crippen LogP contribution in [0.15, 0.2) is 24.3 Å². The first-order valence-corrected chi connectivity index (χ1v) is 7.21. The first-order chi connectivity index (χ1) is 9.13. The zero-order chi connectivity index (χ0) is 13.8. The van der Waals surface area contributed by atoms with E-state index in [9.17, 15) is 14.7 Å². The van der Waals surface area contributed by atoms with E-state index in [2.05, 4.69) is 21.2 Å². The average Bonchev–Trinajstić information content (AvgIpc) is 2.39. The Morgan fingerprint density at radius 2 is 2.11 bits per heavy atom. The van der Waals surface area contributed by atoms with Gasteiger partial charge in [-0.3, -0.25) is 4.79 Å². The molecule has 3 atom stereocenters. The number of rotatable bonds is 4. The molecule has 2 N–H and O–H groups in total. The molecule has 1 amide bonds. The van der Waals surface area contributed by atoms with Crippen LogP contribution in [-0.2, 0) is 4.79 Å². The van der Waals surface area contributed by atoms with Gasteiger partial charge in [-0.2, -0.15) is 0 Å². The van der Waals surface area contributed by atoms with Crippen molar-refractivity contribution in [1.29, 1.82) is 0 Å². The van der Waals surface area contributed by atoms with E-state index in [4.69, 9.17) is 0 Å². The van der Waals surface area contributed by atoms with Gasteiger partial charge in [-0.1, -0.05) is 34.1 Å². The summed E-state index contributed by atoms with van der Waals surface area (Å²) in [6.07, 6.45) is 3.37. The van der Waals surface area contributed by atoms with Gasteiger partial charge in [-0.25, -0.2) is 4.79 Å². The summed E-state index contributed by atoms with van der Waals surface area (Å²) in [6.45, 7) is 0. The summed E-state index contributed by atoms with van der Waals surface area (Å²) in [5, 5.41) is 12.1. The molecule has 0 bridgehead atoms. The van der Waals surface area contributed by atoms with Crippen molar-refractivity contribution in [2.45, 2.75) is 36.0 Å². The normalized spacial score (nSPS) is 26.7. The maximum atomic E-state index is 11.3. The number of nitrogens with one attached hydrogen (secondary N) is 1. The van der Waals surface area contributed by atoms with Gasteiger partial charge in [0.2, 0.25) is 6.41 Å². The van der Waals surface area contributed by atoms with E-state index in [0.29, 0.717) is 16.8 Å². The van der Waals surface area contributed by atoms with Crippen molar-refractivity contribution in [3.8, 4) is 0 Å². The standard InChI is InChI=1S/C14H16BrNO3/c15-9-5-6-11(13(7-9)16-8-17)10-3-1-2-4-12(10)14(18)19/h1-4,8-9,11,13H,5-7H2,(H,16,17)(H,18,19). The summed E-state index contributed by atoms with van der Waals surface area (Å²) >= 11 is 3.57. The Morgan fingerprint density at radius 1 is 1.37 bits per heavy atom. The Bertz CT molecular complexity index is 478. The number of hydrogen-bond donors (Lipinski definition) is 2. The Kier molecular flexibility index (Phi) is 4.58. The Morgan fingerprint density at radius 3 is 2.79 bits per heavy atom. The summed E-state index contributed by atoms with van der Waals surface area (Å²) in [6, 6.07) is 7.03. The van der Waals surface area contributed by atoms with Crippen LogP contribution >= 0.6 is 15.9 Å². The zero-order valence-electron chi connectivity index (χ0n) is 10.4. The number of benzene rings is 1. The largest absolute Gasteiger partial charge is 0.478 e. The van der Waals surface area contributed by atoms with E-state index >= 15 is 0 Å². The molecule has 1 aliphatic carbocycles. The molecule has 0 spiro atoms. The number of carbonyl (C=O) groups is 2. The quantitative estimate of drug-likeness (QED) is 0.660. The second-order valence-electron chi connectivity index (χ2n) is 4.80. The van der Waals surface area contributed by atoms with Crippen LogP contribution in [0, 0.1) is 0 Å². The van der Waals surface area contributed by atoms with E-state index < -0.39 is 5.97 Å². The van der Waals surface area contributed by atoms with E-state index in [1.807, 2.05) is 12.1 Å². The van der Waals surface area contributed by atoms with Crippen LogP contribution < -0.4 is 5.32 Å². The molecule has 4 nitrogen and oxygen atoms in total. The molecule has 1 aromatic carbocycles. The Hall–Kier alpha value is -1.36. The van der Waals surface area contributed by atoms with E-state index in [0.717, 1.165) is 24.8 Å². The Labute approximate surface area is 120 Å². The summed E-state index contributed by atoms with van der Waals surface area (Å²) < 4.78 is 0. The molecule has 1 saturated carbocycles. The van der Waals surface area contributed by atoms with Crippen molar-refractivity contribution in [3.05, 3.63) is 35.4 Å². The van der Waals surface area contributed by atoms with Gasteiger partial charge in [0.15, 0.2) is 0 Å². The number of halogens is 1. The molecule has 2 rings (SSSR count). The fourth-order valence-electron chi connectivity index (χ4n) is 2.78. The zero-order valence-corrected chi connectivity index (χ0v) is 12.0. The maximum absolute atomic E-state index is 11.3. The lowest BCUT2D eigenvalue weighted by Crippen LogP contribution is -2.40. The second-order valence-corrected chi connectivity index (χ2v) is 6.10. The topological polar surface area (TPSA) is 66.4 Å². The van der Waals surface area contributed by atoms with Crippen LogP contribution in [0.3, 0.4) is 0 Å². The molecular formula is C14H16BrNO3. The first kappa shape index (κ1) is 14.1. The van der Waals surface area contributed by atoms with E-state index in [-0.39, 0.29) is 12.0 Å². The smallest absolute Gasteiger partial charge is 0.335 e. The first-order valence-electron chi connectivity index (χ1n) is 6.29. The van der Waals surface area contributed by atoms with Crippen LogP contribution in [0.5, 0.6) is 0 Å². The van der Waals surface area contributed by atoms with E-state index in [1.54, 1.807) is 12.1 Å². The summed E-state index contributed by atoms with van der Waals surface area (Å²) in [5.74, 6) is -0.854. The Balaban J connectivity index is 2.33. The van der Waals surface area contributed by atoms with Crippen molar-refractivity contribution in [1.82, 2.24) is 5.32 Å². The molecule has 1 aliphatic rings. The number of aromatic carboxylic acids is 1. The highest BCUT2D eigenvalue weighted by Crippen LogP contribution is 2.37. The molecule has 102 valence electrons. The van der Waals surface area contributed by atoms with Gasteiger partial charge in [0.1, 0.15) is 0 Å². The van der Waals surface area contributed by atoms with Crippen LogP contribution in [0.25, 0.3) is 0 Å². The lowest BCUT2D eigenvalue weighted by Gasteiger charge is -2.34. The SMILES string of the molecule is O=CNC1CC(Br)CCC1c1ccccc1C(=O)O. The number of carboxylic acid groups (broad SMARTS) is 1. The number of amides is 1. The fourth-order valence-corrected chi connectivity index (χ4v) is 3.45. The molecule has 0 aliphatic heterocycles. The minimum atomic E-state index is -0.915. The highest BCUT2D eigenvalue weighted by Gasteiger charge is 2.32. The molecule has 19 heavy (non-hydrogen) atoms.